The lowest BCUT2D eigenvalue weighted by atomic mass is 10.1. The summed E-state index contributed by atoms with van der Waals surface area (Å²) in [6, 6.07) is 8.15. The molecule has 1 aliphatic heterocycles. The highest BCUT2D eigenvalue weighted by atomic mass is 32.2. The van der Waals surface area contributed by atoms with Gasteiger partial charge in [0.15, 0.2) is 5.76 Å². The van der Waals surface area contributed by atoms with E-state index in [0.717, 1.165) is 12.1 Å². The summed E-state index contributed by atoms with van der Waals surface area (Å²) in [4.78, 5) is 13.8. The highest BCUT2D eigenvalue weighted by Crippen LogP contribution is 2.18. The van der Waals surface area contributed by atoms with Crippen LogP contribution in [0.5, 0.6) is 0 Å². The third kappa shape index (κ3) is 5.65. The molecule has 0 saturated carbocycles. The van der Waals surface area contributed by atoms with E-state index < -0.39 is 10.0 Å². The molecule has 8 nitrogen and oxygen atoms in total. The fraction of sp³-hybridized carbons (Fsp3) is 0.500. The van der Waals surface area contributed by atoms with Crippen molar-refractivity contribution in [2.24, 2.45) is 0 Å². The molecule has 9 heteroatoms. The van der Waals surface area contributed by atoms with Crippen LogP contribution in [0.2, 0.25) is 0 Å². The summed E-state index contributed by atoms with van der Waals surface area (Å²) >= 11 is 0. The van der Waals surface area contributed by atoms with E-state index in [1.54, 1.807) is 18.7 Å². The van der Waals surface area contributed by atoms with Crippen molar-refractivity contribution in [2.45, 2.75) is 51.1 Å². The smallest absolute Gasteiger partial charge is 0.245 e. The number of benzene rings is 1. The topological polar surface area (TPSA) is 106 Å². The first-order valence-corrected chi connectivity index (χ1v) is 11.4. The van der Waals surface area contributed by atoms with Crippen LogP contribution >= 0.6 is 0 Å². The van der Waals surface area contributed by atoms with Crippen molar-refractivity contribution in [3.63, 3.8) is 0 Å². The number of amides is 1. The Balaban J connectivity index is 1.48. The lowest BCUT2D eigenvalue weighted by Crippen LogP contribution is -3.08. The molecule has 1 aliphatic rings. The molecule has 1 aromatic heterocycles. The second-order valence-corrected chi connectivity index (χ2v) is 9.18. The minimum atomic E-state index is -3.75. The predicted molar refractivity (Wildman–Crippen MR) is 108 cm³/mol. The first kappa shape index (κ1) is 21.5. The first-order chi connectivity index (χ1) is 13.9. The second kappa shape index (κ2) is 9.51. The summed E-state index contributed by atoms with van der Waals surface area (Å²) in [5, 5.41) is 6.55. The molecule has 29 heavy (non-hydrogen) atoms. The van der Waals surface area contributed by atoms with Gasteiger partial charge >= 0.3 is 0 Å². The predicted octanol–water partition coefficient (Wildman–Crippen LogP) is 0.455. The number of quaternary nitrogens is 1. The van der Waals surface area contributed by atoms with Gasteiger partial charge in [0.05, 0.1) is 13.1 Å². The van der Waals surface area contributed by atoms with Gasteiger partial charge in [-0.3, -0.25) is 4.79 Å². The fourth-order valence-corrected chi connectivity index (χ4v) is 5.09. The average Bonchev–Trinajstić information content (AvgIpc) is 3.30. The molecule has 0 bridgehead atoms. The van der Waals surface area contributed by atoms with Crippen molar-refractivity contribution in [2.75, 3.05) is 19.6 Å². The van der Waals surface area contributed by atoms with Gasteiger partial charge in [0.1, 0.15) is 17.1 Å². The SMILES string of the molecule is Cc1noc(C)c1S(=O)(=O)NCCC(=O)NCc1ccccc1C[NH+]1CCCC1. The van der Waals surface area contributed by atoms with Gasteiger partial charge in [-0.05, 0) is 19.4 Å². The highest BCUT2D eigenvalue weighted by Gasteiger charge is 2.24. The van der Waals surface area contributed by atoms with Crippen LogP contribution < -0.4 is 14.9 Å². The van der Waals surface area contributed by atoms with E-state index in [9.17, 15) is 13.2 Å². The van der Waals surface area contributed by atoms with Crippen LogP contribution in [0.25, 0.3) is 0 Å². The summed E-state index contributed by atoms with van der Waals surface area (Å²) < 4.78 is 32.1. The summed E-state index contributed by atoms with van der Waals surface area (Å²) in [6.45, 7) is 6.94. The van der Waals surface area contributed by atoms with Crippen molar-refractivity contribution in [3.05, 3.63) is 46.8 Å². The summed E-state index contributed by atoms with van der Waals surface area (Å²) in [7, 11) is -3.75. The first-order valence-electron chi connectivity index (χ1n) is 9.96. The van der Waals surface area contributed by atoms with Crippen LogP contribution in [0.1, 0.15) is 41.8 Å². The van der Waals surface area contributed by atoms with E-state index in [1.807, 2.05) is 18.2 Å². The molecule has 1 amide bonds. The number of hydrogen-bond donors (Lipinski definition) is 3. The van der Waals surface area contributed by atoms with Gasteiger partial charge in [-0.2, -0.15) is 0 Å². The zero-order chi connectivity index (χ0) is 20.9. The molecule has 0 radical (unpaired) electrons. The minimum Gasteiger partial charge on any atom is -0.360 e. The van der Waals surface area contributed by atoms with Crippen molar-refractivity contribution >= 4 is 15.9 Å². The summed E-state index contributed by atoms with van der Waals surface area (Å²) in [5.74, 6) is 0.0333. The van der Waals surface area contributed by atoms with Gasteiger partial charge in [-0.25, -0.2) is 13.1 Å². The number of carbonyl (C=O) groups excluding carboxylic acids is 1. The monoisotopic (exact) mass is 421 g/mol. The molecule has 2 aromatic rings. The molecular weight excluding hydrogens is 392 g/mol. The normalized spacial score (nSPS) is 15.0. The number of aromatic nitrogens is 1. The van der Waals surface area contributed by atoms with E-state index in [2.05, 4.69) is 21.3 Å². The Bertz CT molecular complexity index is 930. The Kier molecular flexibility index (Phi) is 7.05. The van der Waals surface area contributed by atoms with Crippen molar-refractivity contribution in [1.29, 1.82) is 0 Å². The van der Waals surface area contributed by atoms with E-state index in [1.165, 1.54) is 31.5 Å². The quantitative estimate of drug-likeness (QED) is 0.545. The zero-order valence-electron chi connectivity index (χ0n) is 17.0. The highest BCUT2D eigenvalue weighted by molar-refractivity contribution is 7.89. The molecule has 0 spiro atoms. The fourth-order valence-electron chi connectivity index (χ4n) is 3.74. The maximum Gasteiger partial charge on any atom is 0.245 e. The van der Waals surface area contributed by atoms with Crippen molar-refractivity contribution in [1.82, 2.24) is 15.2 Å². The van der Waals surface area contributed by atoms with Crippen LogP contribution in [0.15, 0.2) is 33.7 Å². The molecule has 0 atom stereocenters. The molecular formula is C20H29N4O4S+. The number of hydrogen-bond acceptors (Lipinski definition) is 5. The number of nitrogens with one attached hydrogen (secondary N) is 3. The maximum atomic E-state index is 12.4. The zero-order valence-corrected chi connectivity index (χ0v) is 17.8. The lowest BCUT2D eigenvalue weighted by molar-refractivity contribution is -0.901. The number of rotatable bonds is 9. The Labute approximate surface area is 171 Å². The Morgan fingerprint density at radius 2 is 1.86 bits per heavy atom. The molecule has 3 N–H and O–H groups in total. The van der Waals surface area contributed by atoms with Gasteiger partial charge in [0.2, 0.25) is 15.9 Å². The van der Waals surface area contributed by atoms with Crippen LogP contribution in [-0.4, -0.2) is 39.1 Å². The van der Waals surface area contributed by atoms with Gasteiger partial charge in [-0.1, -0.05) is 29.4 Å². The molecule has 3 rings (SSSR count). The van der Waals surface area contributed by atoms with Gasteiger partial charge in [0.25, 0.3) is 0 Å². The third-order valence-corrected chi connectivity index (χ3v) is 6.93. The Hall–Kier alpha value is -2.23. The molecule has 0 aliphatic carbocycles. The van der Waals surface area contributed by atoms with Gasteiger partial charge < -0.3 is 14.7 Å². The van der Waals surface area contributed by atoms with Crippen molar-refractivity contribution in [3.8, 4) is 0 Å². The lowest BCUT2D eigenvalue weighted by Gasteiger charge is -2.15. The van der Waals surface area contributed by atoms with E-state index in [0.29, 0.717) is 12.2 Å². The number of carbonyl (C=O) groups is 1. The van der Waals surface area contributed by atoms with Crippen LogP contribution in [0.3, 0.4) is 0 Å². The Morgan fingerprint density at radius 1 is 1.17 bits per heavy atom. The molecule has 1 fully saturated rings. The average molecular weight is 422 g/mol. The number of aryl methyl sites for hydroxylation is 2. The van der Waals surface area contributed by atoms with Crippen LogP contribution in [0.4, 0.5) is 0 Å². The van der Waals surface area contributed by atoms with E-state index in [4.69, 9.17) is 4.52 Å². The van der Waals surface area contributed by atoms with Crippen LogP contribution in [-0.2, 0) is 27.9 Å². The number of sulfonamides is 1. The minimum absolute atomic E-state index is 0.0117. The summed E-state index contributed by atoms with van der Waals surface area (Å²) in [6.07, 6.45) is 2.61. The maximum absolute atomic E-state index is 12.4. The van der Waals surface area contributed by atoms with Crippen molar-refractivity contribution < 1.29 is 22.6 Å². The summed E-state index contributed by atoms with van der Waals surface area (Å²) in [5.41, 5.74) is 2.66. The molecule has 2 heterocycles. The van der Waals surface area contributed by atoms with Gasteiger partial charge in [-0.15, -0.1) is 0 Å². The molecule has 1 aromatic carbocycles. The standard InChI is InChI=1S/C20H28N4O4S/c1-15-20(16(2)28-23-15)29(26,27)22-10-9-19(25)21-13-17-7-3-4-8-18(17)14-24-11-5-6-12-24/h3-4,7-8,22H,5-6,9-14H2,1-2H3,(H,21,25)/p+1. The number of likely N-dealkylation sites (tertiary alicyclic amines) is 1. The molecule has 0 unspecified atom stereocenters. The molecule has 1 saturated heterocycles. The van der Waals surface area contributed by atoms with Crippen LogP contribution in [0, 0.1) is 13.8 Å². The molecule has 158 valence electrons. The third-order valence-electron chi connectivity index (χ3n) is 5.23. The second-order valence-electron chi connectivity index (χ2n) is 7.48. The van der Waals surface area contributed by atoms with E-state index >= 15 is 0 Å². The van der Waals surface area contributed by atoms with E-state index in [-0.39, 0.29) is 29.5 Å². The Morgan fingerprint density at radius 3 is 2.52 bits per heavy atom. The van der Waals surface area contributed by atoms with Gasteiger partial charge in [0, 0.05) is 37.9 Å². The number of nitrogens with zero attached hydrogens (tertiary/aromatic N) is 1. The largest absolute Gasteiger partial charge is 0.360 e.